The Balaban J connectivity index is 1.93. The number of amides is 1. The van der Waals surface area contributed by atoms with Gasteiger partial charge in [0, 0.05) is 12.2 Å². The maximum Gasteiger partial charge on any atom is 0.255 e. The quantitative estimate of drug-likeness (QED) is 0.883. The Morgan fingerprint density at radius 1 is 1.26 bits per heavy atom. The second-order valence-electron chi connectivity index (χ2n) is 4.74. The molecular weight excluding hydrogens is 238 g/mol. The van der Waals surface area contributed by atoms with E-state index in [1.165, 1.54) is 11.1 Å². The molecule has 1 aromatic heterocycles. The number of rotatable bonds is 4. The normalized spacial score (nSPS) is 10.5. The Labute approximate surface area is 113 Å². The number of benzene rings is 1. The molecular formula is C15H19N3O. The molecule has 0 aliphatic rings. The van der Waals surface area contributed by atoms with Gasteiger partial charge in [-0.25, -0.2) is 0 Å². The maximum absolute atomic E-state index is 12.1. The number of aromatic nitrogens is 2. The number of nitrogens with zero attached hydrogens (tertiary/aromatic N) is 1. The first kappa shape index (κ1) is 13.3. The third-order valence-corrected chi connectivity index (χ3v) is 3.30. The minimum atomic E-state index is -0.0580. The molecule has 4 nitrogen and oxygen atoms in total. The molecule has 0 saturated heterocycles. The fourth-order valence-corrected chi connectivity index (χ4v) is 2.18. The fourth-order valence-electron chi connectivity index (χ4n) is 2.18. The van der Waals surface area contributed by atoms with Crippen LogP contribution < -0.4 is 5.32 Å². The molecule has 0 saturated carbocycles. The van der Waals surface area contributed by atoms with E-state index >= 15 is 0 Å². The molecule has 4 heteroatoms. The number of nitrogens with one attached hydrogen (secondary N) is 2. The Morgan fingerprint density at radius 2 is 2.00 bits per heavy atom. The zero-order valence-corrected chi connectivity index (χ0v) is 11.6. The second-order valence-corrected chi connectivity index (χ2v) is 4.74. The average Bonchev–Trinajstić information content (AvgIpc) is 2.71. The summed E-state index contributed by atoms with van der Waals surface area (Å²) in [5.41, 5.74) is 4.73. The van der Waals surface area contributed by atoms with Crippen molar-refractivity contribution in [3.8, 4) is 0 Å². The first-order valence-corrected chi connectivity index (χ1v) is 6.44. The van der Waals surface area contributed by atoms with Gasteiger partial charge in [0.2, 0.25) is 0 Å². The monoisotopic (exact) mass is 257 g/mol. The van der Waals surface area contributed by atoms with Crippen molar-refractivity contribution in [2.75, 3.05) is 6.54 Å². The molecule has 1 aromatic carbocycles. The number of carbonyl (C=O) groups excluding carboxylic acids is 1. The molecule has 0 radical (unpaired) electrons. The Kier molecular flexibility index (Phi) is 4.00. The number of carbonyl (C=O) groups is 1. The largest absolute Gasteiger partial charge is 0.352 e. The van der Waals surface area contributed by atoms with Crippen LogP contribution >= 0.6 is 0 Å². The number of aromatic amines is 1. The van der Waals surface area contributed by atoms with Crippen molar-refractivity contribution in [3.05, 3.63) is 52.3 Å². The highest BCUT2D eigenvalue weighted by atomic mass is 16.1. The summed E-state index contributed by atoms with van der Waals surface area (Å²) < 4.78 is 0. The molecule has 1 heterocycles. The molecule has 0 aliphatic heterocycles. The van der Waals surface area contributed by atoms with Crippen molar-refractivity contribution in [1.29, 1.82) is 0 Å². The van der Waals surface area contributed by atoms with Crippen LogP contribution in [-0.4, -0.2) is 22.6 Å². The van der Waals surface area contributed by atoms with Crippen LogP contribution in [0, 0.1) is 20.8 Å². The summed E-state index contributed by atoms with van der Waals surface area (Å²) in [5, 5.41) is 9.80. The van der Waals surface area contributed by atoms with Gasteiger partial charge in [-0.05, 0) is 38.3 Å². The lowest BCUT2D eigenvalue weighted by atomic mass is 10.1. The topological polar surface area (TPSA) is 57.8 Å². The lowest BCUT2D eigenvalue weighted by molar-refractivity contribution is 0.0953. The van der Waals surface area contributed by atoms with Crippen LogP contribution in [-0.2, 0) is 6.42 Å². The van der Waals surface area contributed by atoms with Gasteiger partial charge in [-0.2, -0.15) is 5.10 Å². The first-order valence-electron chi connectivity index (χ1n) is 6.44. The number of aryl methyl sites for hydroxylation is 3. The molecule has 1 amide bonds. The lowest BCUT2D eigenvalue weighted by Gasteiger charge is -2.07. The summed E-state index contributed by atoms with van der Waals surface area (Å²) >= 11 is 0. The van der Waals surface area contributed by atoms with Gasteiger partial charge in [-0.15, -0.1) is 0 Å². The summed E-state index contributed by atoms with van der Waals surface area (Å²) in [6, 6.07) is 8.22. The predicted octanol–water partition coefficient (Wildman–Crippen LogP) is 2.31. The molecule has 0 aliphatic carbocycles. The van der Waals surface area contributed by atoms with E-state index in [9.17, 15) is 4.79 Å². The third kappa shape index (κ3) is 3.02. The van der Waals surface area contributed by atoms with Crippen molar-refractivity contribution < 1.29 is 4.79 Å². The SMILES string of the molecule is Cc1ccccc1CCNC(=O)c1c(C)n[nH]c1C. The Hall–Kier alpha value is -2.10. The molecule has 2 aromatic rings. The van der Waals surface area contributed by atoms with Crippen LogP contribution in [0.15, 0.2) is 24.3 Å². The van der Waals surface area contributed by atoms with E-state index in [-0.39, 0.29) is 5.91 Å². The molecule has 2 rings (SSSR count). The number of hydrogen-bond donors (Lipinski definition) is 2. The fraction of sp³-hybridized carbons (Fsp3) is 0.333. The molecule has 0 fully saturated rings. The van der Waals surface area contributed by atoms with Crippen molar-refractivity contribution in [2.24, 2.45) is 0 Å². The van der Waals surface area contributed by atoms with Gasteiger partial charge in [0.15, 0.2) is 0 Å². The van der Waals surface area contributed by atoms with Gasteiger partial charge >= 0.3 is 0 Å². The minimum absolute atomic E-state index is 0.0580. The smallest absolute Gasteiger partial charge is 0.255 e. The highest BCUT2D eigenvalue weighted by Crippen LogP contribution is 2.10. The van der Waals surface area contributed by atoms with Crippen LogP contribution in [0.25, 0.3) is 0 Å². The Morgan fingerprint density at radius 3 is 2.63 bits per heavy atom. The summed E-state index contributed by atoms with van der Waals surface area (Å²) in [4.78, 5) is 12.1. The summed E-state index contributed by atoms with van der Waals surface area (Å²) in [7, 11) is 0. The van der Waals surface area contributed by atoms with E-state index in [1.54, 1.807) is 0 Å². The summed E-state index contributed by atoms with van der Waals surface area (Å²) in [5.74, 6) is -0.0580. The van der Waals surface area contributed by atoms with Crippen LogP contribution in [0.2, 0.25) is 0 Å². The number of hydrogen-bond acceptors (Lipinski definition) is 2. The Bertz CT molecular complexity index is 567. The van der Waals surface area contributed by atoms with E-state index in [1.807, 2.05) is 26.0 Å². The van der Waals surface area contributed by atoms with Gasteiger partial charge in [-0.1, -0.05) is 24.3 Å². The summed E-state index contributed by atoms with van der Waals surface area (Å²) in [6.45, 7) is 6.41. The second kappa shape index (κ2) is 5.69. The van der Waals surface area contributed by atoms with E-state index in [2.05, 4.69) is 34.6 Å². The minimum Gasteiger partial charge on any atom is -0.352 e. The van der Waals surface area contributed by atoms with Crippen molar-refractivity contribution >= 4 is 5.91 Å². The molecule has 19 heavy (non-hydrogen) atoms. The van der Waals surface area contributed by atoms with Gasteiger partial charge in [0.1, 0.15) is 0 Å². The third-order valence-electron chi connectivity index (χ3n) is 3.30. The molecule has 0 unspecified atom stereocenters. The molecule has 0 spiro atoms. The van der Waals surface area contributed by atoms with Crippen LogP contribution in [0.5, 0.6) is 0 Å². The van der Waals surface area contributed by atoms with E-state index in [4.69, 9.17) is 0 Å². The van der Waals surface area contributed by atoms with Crippen LogP contribution in [0.3, 0.4) is 0 Å². The zero-order chi connectivity index (χ0) is 13.8. The molecule has 0 bridgehead atoms. The van der Waals surface area contributed by atoms with E-state index in [0.717, 1.165) is 17.8 Å². The zero-order valence-electron chi connectivity index (χ0n) is 11.6. The number of H-pyrrole nitrogens is 1. The van der Waals surface area contributed by atoms with E-state index < -0.39 is 0 Å². The standard InChI is InChI=1S/C15H19N3O/c1-10-6-4-5-7-13(10)8-9-16-15(19)14-11(2)17-18-12(14)3/h4-7H,8-9H2,1-3H3,(H,16,19)(H,17,18). The summed E-state index contributed by atoms with van der Waals surface area (Å²) in [6.07, 6.45) is 0.842. The predicted molar refractivity (Wildman–Crippen MR) is 75.3 cm³/mol. The van der Waals surface area contributed by atoms with Crippen molar-refractivity contribution in [3.63, 3.8) is 0 Å². The van der Waals surface area contributed by atoms with Gasteiger partial charge in [0.05, 0.1) is 11.3 Å². The van der Waals surface area contributed by atoms with Gasteiger partial charge in [-0.3, -0.25) is 9.89 Å². The van der Waals surface area contributed by atoms with Crippen LogP contribution in [0.1, 0.15) is 32.9 Å². The lowest BCUT2D eigenvalue weighted by Crippen LogP contribution is -2.26. The maximum atomic E-state index is 12.1. The van der Waals surface area contributed by atoms with E-state index in [0.29, 0.717) is 12.1 Å². The van der Waals surface area contributed by atoms with Gasteiger partial charge < -0.3 is 5.32 Å². The molecule has 0 atom stereocenters. The first-order chi connectivity index (χ1) is 9.09. The van der Waals surface area contributed by atoms with Crippen molar-refractivity contribution in [1.82, 2.24) is 15.5 Å². The van der Waals surface area contributed by atoms with Crippen molar-refractivity contribution in [2.45, 2.75) is 27.2 Å². The van der Waals surface area contributed by atoms with Crippen LogP contribution in [0.4, 0.5) is 0 Å². The molecule has 2 N–H and O–H groups in total. The highest BCUT2D eigenvalue weighted by Gasteiger charge is 2.14. The average molecular weight is 257 g/mol. The highest BCUT2D eigenvalue weighted by molar-refractivity contribution is 5.96. The molecule has 100 valence electrons. The van der Waals surface area contributed by atoms with Gasteiger partial charge in [0.25, 0.3) is 5.91 Å².